The van der Waals surface area contributed by atoms with Crippen LogP contribution in [0.25, 0.3) is 0 Å². The third-order valence-corrected chi connectivity index (χ3v) is 3.83. The van der Waals surface area contributed by atoms with Gasteiger partial charge in [-0.15, -0.1) is 0 Å². The molecule has 0 aliphatic carbocycles. The molecule has 0 amide bonds. The van der Waals surface area contributed by atoms with Crippen molar-refractivity contribution in [2.75, 3.05) is 0 Å². The third-order valence-electron chi connectivity index (χ3n) is 3.83. The van der Waals surface area contributed by atoms with Crippen molar-refractivity contribution < 1.29 is 16.5 Å². The molecule has 2 nitrogen and oxygen atoms in total. The minimum atomic E-state index is 0. The van der Waals surface area contributed by atoms with E-state index in [1.165, 1.54) is 22.3 Å². The predicted octanol–water partition coefficient (Wildman–Crippen LogP) is 6.58. The molecule has 3 heteroatoms. The van der Waals surface area contributed by atoms with Gasteiger partial charge in [-0.2, -0.15) is 0 Å². The van der Waals surface area contributed by atoms with Gasteiger partial charge in [0.25, 0.3) is 0 Å². The minimum Gasteiger partial charge on any atom is -0.255 e. The molecule has 25 heavy (non-hydrogen) atoms. The first kappa shape index (κ1) is 21.3. The summed E-state index contributed by atoms with van der Waals surface area (Å²) in [6, 6.07) is 12.8. The van der Waals surface area contributed by atoms with Crippen molar-refractivity contribution >= 4 is 23.3 Å². The Kier molecular flexibility index (Phi) is 8.79. The normalized spacial score (nSPS) is 11.6. The number of aliphatic imine (C=N–C) groups is 2. The van der Waals surface area contributed by atoms with Crippen molar-refractivity contribution in [1.29, 1.82) is 0 Å². The molecule has 0 aliphatic heterocycles. The quantitative estimate of drug-likeness (QED) is 0.400. The molecule has 2 aromatic carbocycles. The molecule has 0 saturated carbocycles. The van der Waals surface area contributed by atoms with Gasteiger partial charge in [-0.1, -0.05) is 25.5 Å². The van der Waals surface area contributed by atoms with E-state index >= 15 is 0 Å². The molecule has 2 rings (SSSR count). The molecule has 0 saturated heterocycles. The zero-order valence-electron chi connectivity index (χ0n) is 15.9. The van der Waals surface area contributed by atoms with E-state index in [2.05, 4.69) is 76.0 Å². The fourth-order valence-corrected chi connectivity index (χ4v) is 2.86. The summed E-state index contributed by atoms with van der Waals surface area (Å²) in [5.74, 6) is 0. The third kappa shape index (κ3) is 7.36. The van der Waals surface area contributed by atoms with Crippen LogP contribution in [0.15, 0.2) is 46.4 Å². The first-order valence-electron chi connectivity index (χ1n) is 8.74. The summed E-state index contributed by atoms with van der Waals surface area (Å²) in [5.41, 5.74) is 8.03. The average molecular weight is 379 g/mol. The van der Waals surface area contributed by atoms with E-state index in [9.17, 15) is 0 Å². The maximum atomic E-state index is 4.85. The van der Waals surface area contributed by atoms with Crippen molar-refractivity contribution in [2.24, 2.45) is 9.98 Å². The van der Waals surface area contributed by atoms with Gasteiger partial charge in [0.2, 0.25) is 0 Å². The number of nitrogens with zero attached hydrogens (tertiary/aromatic N) is 2. The zero-order chi connectivity index (χ0) is 17.5. The van der Waals surface area contributed by atoms with Crippen LogP contribution in [0.2, 0.25) is 0 Å². The van der Waals surface area contributed by atoms with Gasteiger partial charge in [0.05, 0.1) is 17.1 Å². The maximum absolute atomic E-state index is 4.85. The van der Waals surface area contributed by atoms with Crippen molar-refractivity contribution in [3.8, 4) is 0 Å². The monoisotopic (exact) mass is 378 g/mol. The Labute approximate surface area is 162 Å². The van der Waals surface area contributed by atoms with Gasteiger partial charge in [-0.05, 0) is 87.1 Å². The Balaban J connectivity index is 0.00000312. The minimum absolute atomic E-state index is 0. The summed E-state index contributed by atoms with van der Waals surface area (Å²) in [7, 11) is 0. The van der Waals surface area contributed by atoms with E-state index in [-0.39, 0.29) is 16.5 Å². The topological polar surface area (TPSA) is 24.7 Å². The first-order chi connectivity index (χ1) is 11.5. The van der Waals surface area contributed by atoms with Gasteiger partial charge in [-0.3, -0.25) is 9.98 Å². The Bertz CT molecular complexity index is 720. The molecule has 2 aromatic rings. The van der Waals surface area contributed by atoms with Gasteiger partial charge in [-0.25, -0.2) is 0 Å². The standard InChI is InChI=1S/C22H28N2.Ni/c1-6-7-8-20(24-22-13-18(4)10-19(5)14-22)15-23-21-11-16(2)9-17(3)12-21;/h9-15H,6-8H2,1-5H3;. The fourth-order valence-electron chi connectivity index (χ4n) is 2.86. The van der Waals surface area contributed by atoms with Crippen LogP contribution < -0.4 is 0 Å². The molecule has 0 N–H and O–H groups in total. The molecular formula is C22H28N2Ni. The second-order valence-electron chi connectivity index (χ2n) is 6.66. The summed E-state index contributed by atoms with van der Waals surface area (Å²) in [4.78, 5) is 9.51. The van der Waals surface area contributed by atoms with Crippen LogP contribution >= 0.6 is 0 Å². The van der Waals surface area contributed by atoms with Crippen LogP contribution in [-0.4, -0.2) is 11.9 Å². The first-order valence-corrected chi connectivity index (χ1v) is 8.74. The Morgan fingerprint density at radius 1 is 0.800 bits per heavy atom. The van der Waals surface area contributed by atoms with E-state index < -0.39 is 0 Å². The van der Waals surface area contributed by atoms with Gasteiger partial charge < -0.3 is 0 Å². The van der Waals surface area contributed by atoms with Crippen LogP contribution in [0, 0.1) is 27.7 Å². The molecule has 136 valence electrons. The number of hydrogen-bond acceptors (Lipinski definition) is 2. The summed E-state index contributed by atoms with van der Waals surface area (Å²) < 4.78 is 0. The SMILES string of the molecule is CCCCC(C=Nc1cc(C)cc(C)c1)=Nc1cc(C)cc(C)c1.[Ni]. The molecule has 0 aromatic heterocycles. The van der Waals surface area contributed by atoms with Crippen LogP contribution in [0.3, 0.4) is 0 Å². The summed E-state index contributed by atoms with van der Waals surface area (Å²) in [5, 5.41) is 0. The molecule has 0 fully saturated rings. The number of rotatable bonds is 6. The molecule has 0 heterocycles. The van der Waals surface area contributed by atoms with Crippen LogP contribution in [0.5, 0.6) is 0 Å². The number of unbranched alkanes of at least 4 members (excludes halogenated alkanes) is 1. The second-order valence-corrected chi connectivity index (χ2v) is 6.66. The molecule has 0 atom stereocenters. The van der Waals surface area contributed by atoms with E-state index in [0.29, 0.717) is 0 Å². The number of aryl methyl sites for hydroxylation is 4. The number of benzene rings is 2. The zero-order valence-corrected chi connectivity index (χ0v) is 16.9. The van der Waals surface area contributed by atoms with Gasteiger partial charge in [0.15, 0.2) is 0 Å². The van der Waals surface area contributed by atoms with E-state index in [4.69, 9.17) is 4.99 Å². The van der Waals surface area contributed by atoms with E-state index in [1.807, 2.05) is 6.21 Å². The average Bonchev–Trinajstić information content (AvgIpc) is 2.48. The second kappa shape index (κ2) is 10.3. The Morgan fingerprint density at radius 2 is 1.28 bits per heavy atom. The summed E-state index contributed by atoms with van der Waals surface area (Å²) in [6.07, 6.45) is 5.17. The molecule has 0 unspecified atom stereocenters. The molecule has 0 spiro atoms. The fraction of sp³-hybridized carbons (Fsp3) is 0.364. The van der Waals surface area contributed by atoms with Crippen LogP contribution in [-0.2, 0) is 16.5 Å². The molecule has 0 bridgehead atoms. The van der Waals surface area contributed by atoms with Crippen molar-refractivity contribution in [2.45, 2.75) is 53.9 Å². The summed E-state index contributed by atoms with van der Waals surface area (Å²) in [6.45, 7) is 10.6. The number of hydrogen-bond donors (Lipinski definition) is 0. The predicted molar refractivity (Wildman–Crippen MR) is 107 cm³/mol. The van der Waals surface area contributed by atoms with Gasteiger partial charge in [0.1, 0.15) is 0 Å². The smallest absolute Gasteiger partial charge is 0.0638 e. The summed E-state index contributed by atoms with van der Waals surface area (Å²) >= 11 is 0. The van der Waals surface area contributed by atoms with Gasteiger partial charge in [0, 0.05) is 22.7 Å². The Morgan fingerprint density at radius 3 is 1.76 bits per heavy atom. The largest absolute Gasteiger partial charge is 0.255 e. The van der Waals surface area contributed by atoms with Crippen LogP contribution in [0.1, 0.15) is 48.4 Å². The van der Waals surface area contributed by atoms with Gasteiger partial charge >= 0.3 is 0 Å². The van der Waals surface area contributed by atoms with Crippen molar-refractivity contribution in [3.05, 3.63) is 58.7 Å². The van der Waals surface area contributed by atoms with Crippen molar-refractivity contribution in [3.63, 3.8) is 0 Å². The van der Waals surface area contributed by atoms with E-state index in [0.717, 1.165) is 36.3 Å². The molecule has 0 aliphatic rings. The van der Waals surface area contributed by atoms with Crippen molar-refractivity contribution in [1.82, 2.24) is 0 Å². The maximum Gasteiger partial charge on any atom is 0.0638 e. The van der Waals surface area contributed by atoms with Crippen LogP contribution in [0.4, 0.5) is 11.4 Å². The van der Waals surface area contributed by atoms with E-state index in [1.54, 1.807) is 0 Å². The molecular weight excluding hydrogens is 351 g/mol. The molecule has 0 radical (unpaired) electrons. The Hall–Kier alpha value is -1.73.